The summed E-state index contributed by atoms with van der Waals surface area (Å²) in [4.78, 5) is 0. The molecule has 0 aliphatic rings. The largest absolute Gasteiger partial charge is 0.456 e. The van der Waals surface area contributed by atoms with Gasteiger partial charge in [-0.05, 0) is 37.5 Å². The highest BCUT2D eigenvalue weighted by molar-refractivity contribution is 5.74. The van der Waals surface area contributed by atoms with Gasteiger partial charge in [-0.3, -0.25) is 0 Å². The minimum absolute atomic E-state index is 0.813. The summed E-state index contributed by atoms with van der Waals surface area (Å²) < 4.78 is 6.05. The van der Waals surface area contributed by atoms with Crippen molar-refractivity contribution in [3.63, 3.8) is 0 Å². The number of hydrogen-bond donors (Lipinski definition) is 0. The molecule has 0 spiro atoms. The molecule has 0 aliphatic heterocycles. The highest BCUT2D eigenvalue weighted by Gasteiger charge is 2.09. The monoisotopic (exact) mass is 278 g/mol. The van der Waals surface area contributed by atoms with Crippen LogP contribution in [0.4, 0.5) is 0 Å². The topological polar surface area (TPSA) is 13.1 Å². The van der Waals surface area contributed by atoms with Crippen LogP contribution in [0.15, 0.2) is 47.4 Å². The van der Waals surface area contributed by atoms with Gasteiger partial charge < -0.3 is 4.42 Å². The Bertz CT molecular complexity index is 788. The summed E-state index contributed by atoms with van der Waals surface area (Å²) in [6.45, 7) is 14.4. The minimum Gasteiger partial charge on any atom is -0.456 e. The van der Waals surface area contributed by atoms with Crippen LogP contribution >= 0.6 is 0 Å². The molecule has 0 atom stereocenters. The lowest BCUT2D eigenvalue weighted by Crippen LogP contribution is -2.23. The molecule has 0 saturated heterocycles. The quantitative estimate of drug-likeness (QED) is 0.820. The van der Waals surface area contributed by atoms with Gasteiger partial charge in [-0.15, -0.1) is 0 Å². The first-order valence-electron chi connectivity index (χ1n) is 7.27. The van der Waals surface area contributed by atoms with Gasteiger partial charge in [0, 0.05) is 16.4 Å². The minimum atomic E-state index is 0.813. The highest BCUT2D eigenvalue weighted by atomic mass is 16.3. The summed E-state index contributed by atoms with van der Waals surface area (Å²) in [5, 5.41) is 0.934. The Labute approximate surface area is 126 Å². The fourth-order valence-corrected chi connectivity index (χ4v) is 2.37. The summed E-state index contributed by atoms with van der Waals surface area (Å²) in [6.07, 6.45) is 6.95. The molecule has 1 aromatic carbocycles. The molecule has 108 valence electrons. The van der Waals surface area contributed by atoms with E-state index in [1.54, 1.807) is 0 Å². The normalized spacial score (nSPS) is 12.7. The van der Waals surface area contributed by atoms with Gasteiger partial charge >= 0.3 is 0 Å². The average Bonchev–Trinajstić information content (AvgIpc) is 2.76. The number of hydrogen-bond acceptors (Lipinski definition) is 1. The van der Waals surface area contributed by atoms with Crippen molar-refractivity contribution in [3.8, 4) is 0 Å². The predicted molar refractivity (Wildman–Crippen MR) is 91.4 cm³/mol. The molecule has 2 aromatic rings. The van der Waals surface area contributed by atoms with Gasteiger partial charge in [0.2, 0.25) is 0 Å². The van der Waals surface area contributed by atoms with Crippen LogP contribution in [-0.2, 0) is 0 Å². The van der Waals surface area contributed by atoms with E-state index in [-0.39, 0.29) is 0 Å². The molecule has 1 heterocycles. The summed E-state index contributed by atoms with van der Waals surface area (Å²) in [5.74, 6) is 0.879. The average molecular weight is 278 g/mol. The van der Waals surface area contributed by atoms with Crippen LogP contribution in [0.2, 0.25) is 0 Å². The number of benzene rings is 1. The molecule has 2 rings (SSSR count). The molecule has 0 bridgehead atoms. The molecule has 21 heavy (non-hydrogen) atoms. The van der Waals surface area contributed by atoms with Gasteiger partial charge in [0.1, 0.15) is 11.2 Å². The third-order valence-corrected chi connectivity index (χ3v) is 3.70. The van der Waals surface area contributed by atoms with Gasteiger partial charge in [0.05, 0.1) is 0 Å². The van der Waals surface area contributed by atoms with Crippen molar-refractivity contribution in [1.29, 1.82) is 0 Å². The summed E-state index contributed by atoms with van der Waals surface area (Å²) >= 11 is 0. The molecule has 0 unspecified atom stereocenters. The van der Waals surface area contributed by atoms with Crippen molar-refractivity contribution in [2.75, 3.05) is 0 Å². The zero-order valence-electron chi connectivity index (χ0n) is 13.1. The molecule has 1 nitrogen and oxygen atoms in total. The smallest absolute Gasteiger partial charge is 0.142 e. The molecule has 0 N–H and O–H groups in total. The van der Waals surface area contributed by atoms with E-state index in [1.807, 2.05) is 31.2 Å². The molecule has 0 aliphatic carbocycles. The van der Waals surface area contributed by atoms with E-state index in [0.29, 0.717) is 0 Å². The van der Waals surface area contributed by atoms with Crippen LogP contribution in [0.25, 0.3) is 18.2 Å². The van der Waals surface area contributed by atoms with Gasteiger partial charge in [-0.2, -0.15) is 0 Å². The van der Waals surface area contributed by atoms with Gasteiger partial charge in [-0.25, -0.2) is 0 Å². The predicted octanol–water partition coefficient (Wildman–Crippen LogP) is 4.11. The molecule has 1 heteroatoms. The van der Waals surface area contributed by atoms with Crippen LogP contribution in [0.3, 0.4) is 0 Å². The van der Waals surface area contributed by atoms with E-state index in [4.69, 9.17) is 4.42 Å². The van der Waals surface area contributed by atoms with Crippen molar-refractivity contribution in [2.45, 2.75) is 27.2 Å². The van der Waals surface area contributed by atoms with E-state index in [2.05, 4.69) is 45.2 Å². The van der Waals surface area contributed by atoms with Crippen molar-refractivity contribution in [1.82, 2.24) is 0 Å². The van der Waals surface area contributed by atoms with Gasteiger partial charge in [0.25, 0.3) is 0 Å². The second-order valence-corrected chi connectivity index (χ2v) is 5.14. The van der Waals surface area contributed by atoms with Crippen molar-refractivity contribution >= 4 is 18.2 Å². The van der Waals surface area contributed by atoms with Crippen LogP contribution in [0.5, 0.6) is 0 Å². The van der Waals surface area contributed by atoms with E-state index >= 15 is 0 Å². The first kappa shape index (κ1) is 15.1. The fourth-order valence-electron chi connectivity index (χ4n) is 2.37. The Morgan fingerprint density at radius 3 is 2.57 bits per heavy atom. The van der Waals surface area contributed by atoms with E-state index < -0.39 is 0 Å². The maximum atomic E-state index is 6.05. The van der Waals surface area contributed by atoms with Gasteiger partial charge in [0.15, 0.2) is 0 Å². The summed E-state index contributed by atoms with van der Waals surface area (Å²) in [6, 6.07) is 8.25. The third-order valence-electron chi connectivity index (χ3n) is 3.70. The zero-order chi connectivity index (χ0) is 15.4. The standard InChI is InChI=1S/C20H22O/c1-6-8-13-19-15(4)16(5)20(21-19)17(7-2)18-12-10-9-11-14(18)3/h7-13H,2,5-6H2,1,3-4H3/b13-8-,20-17-. The second-order valence-electron chi connectivity index (χ2n) is 5.14. The van der Waals surface area contributed by atoms with Crippen LogP contribution < -0.4 is 10.6 Å². The van der Waals surface area contributed by atoms with Crippen LogP contribution in [0.1, 0.15) is 35.8 Å². The lowest BCUT2D eigenvalue weighted by atomic mass is 10.00. The van der Waals surface area contributed by atoms with E-state index in [1.165, 1.54) is 5.56 Å². The van der Waals surface area contributed by atoms with Crippen molar-refractivity contribution in [3.05, 3.63) is 76.1 Å². The Hall–Kier alpha value is -2.28. The lowest BCUT2D eigenvalue weighted by molar-refractivity contribution is 0.518. The third kappa shape index (κ3) is 2.92. The molecular weight excluding hydrogens is 256 g/mol. The number of aryl methyl sites for hydroxylation is 1. The number of furan rings is 1. The molecule has 0 fully saturated rings. The summed E-state index contributed by atoms with van der Waals surface area (Å²) in [7, 11) is 0. The Morgan fingerprint density at radius 2 is 1.95 bits per heavy atom. The molecule has 1 aromatic heterocycles. The van der Waals surface area contributed by atoms with E-state index in [0.717, 1.165) is 39.5 Å². The number of allylic oxidation sites excluding steroid dienone is 2. The first-order valence-corrected chi connectivity index (χ1v) is 7.27. The molecular formula is C20H22O. The highest BCUT2D eigenvalue weighted by Crippen LogP contribution is 2.17. The second kappa shape index (κ2) is 6.45. The van der Waals surface area contributed by atoms with Crippen LogP contribution in [-0.4, -0.2) is 0 Å². The van der Waals surface area contributed by atoms with E-state index in [9.17, 15) is 0 Å². The fraction of sp³-hybridized carbons (Fsp3) is 0.200. The van der Waals surface area contributed by atoms with Crippen LogP contribution in [0, 0.1) is 13.8 Å². The van der Waals surface area contributed by atoms with Crippen molar-refractivity contribution in [2.24, 2.45) is 0 Å². The Balaban J connectivity index is 2.78. The Morgan fingerprint density at radius 1 is 1.24 bits per heavy atom. The number of rotatable bonds is 4. The van der Waals surface area contributed by atoms with Gasteiger partial charge in [-0.1, -0.05) is 56.5 Å². The zero-order valence-corrected chi connectivity index (χ0v) is 13.1. The Kier molecular flexibility index (Phi) is 4.64. The molecule has 0 radical (unpaired) electrons. The lowest BCUT2D eigenvalue weighted by Gasteiger charge is -2.04. The molecule has 0 saturated carbocycles. The molecule has 0 amide bonds. The SMILES string of the molecule is C=C/C(c1ccccc1C)=c1/oc(/C=C\CC)c(C)c1=C. The maximum Gasteiger partial charge on any atom is 0.142 e. The first-order chi connectivity index (χ1) is 10.1. The van der Waals surface area contributed by atoms with Crippen molar-refractivity contribution < 1.29 is 4.42 Å². The summed E-state index contributed by atoms with van der Waals surface area (Å²) in [5.41, 5.74) is 5.23. The maximum absolute atomic E-state index is 6.05.